The maximum Gasteiger partial charge on any atom is 0.272 e. The molecule has 4 rings (SSSR count). The van der Waals surface area contributed by atoms with Crippen LogP contribution in [0.1, 0.15) is 47.2 Å². The number of nitrogens with zero attached hydrogens (tertiary/aromatic N) is 2. The van der Waals surface area contributed by atoms with Crippen molar-refractivity contribution >= 4 is 34.1 Å². The average molecular weight is 457 g/mol. The molecule has 0 bridgehead atoms. The van der Waals surface area contributed by atoms with Gasteiger partial charge < -0.3 is 19.9 Å². The predicted molar refractivity (Wildman–Crippen MR) is 135 cm³/mol. The Morgan fingerprint density at radius 3 is 2.38 bits per heavy atom. The molecule has 0 fully saturated rings. The van der Waals surface area contributed by atoms with Crippen LogP contribution in [0.4, 0.5) is 11.4 Å². The molecule has 4 aromatic rings. The minimum absolute atomic E-state index is 0.0766. The van der Waals surface area contributed by atoms with Crippen LogP contribution in [-0.4, -0.2) is 28.5 Å². The summed E-state index contributed by atoms with van der Waals surface area (Å²) in [6.07, 6.45) is 3.13. The lowest BCUT2D eigenvalue weighted by atomic mass is 9.87. The zero-order chi connectivity index (χ0) is 24.5. The van der Waals surface area contributed by atoms with E-state index in [1.54, 1.807) is 37.1 Å². The van der Waals surface area contributed by atoms with Gasteiger partial charge in [-0.1, -0.05) is 39.0 Å². The van der Waals surface area contributed by atoms with Crippen molar-refractivity contribution in [2.45, 2.75) is 26.2 Å². The van der Waals surface area contributed by atoms with Crippen molar-refractivity contribution in [2.24, 2.45) is 7.05 Å². The summed E-state index contributed by atoms with van der Waals surface area (Å²) in [7, 11) is 3.38. The molecule has 0 saturated heterocycles. The Bertz CT molecular complexity index is 1370. The Morgan fingerprint density at radius 2 is 1.71 bits per heavy atom. The first-order chi connectivity index (χ1) is 16.2. The fourth-order valence-corrected chi connectivity index (χ4v) is 3.89. The van der Waals surface area contributed by atoms with Gasteiger partial charge >= 0.3 is 0 Å². The summed E-state index contributed by atoms with van der Waals surface area (Å²) in [4.78, 5) is 30.0. The SMILES string of the molecule is COc1ccc(C(C)(C)C)cc1NC(=O)c1cc2cccc(NC(=O)c3cccnc3)c2n1C. The molecule has 0 radical (unpaired) electrons. The van der Waals surface area contributed by atoms with Gasteiger partial charge in [0.2, 0.25) is 0 Å². The molecule has 0 spiro atoms. The van der Waals surface area contributed by atoms with E-state index in [0.717, 1.165) is 16.5 Å². The number of carbonyl (C=O) groups excluding carboxylic acids is 2. The maximum absolute atomic E-state index is 13.3. The monoisotopic (exact) mass is 456 g/mol. The smallest absolute Gasteiger partial charge is 0.272 e. The fourth-order valence-electron chi connectivity index (χ4n) is 3.89. The number of ether oxygens (including phenoxy) is 1. The number of anilines is 2. The Balaban J connectivity index is 1.67. The zero-order valence-electron chi connectivity index (χ0n) is 20.0. The molecule has 2 amide bonds. The van der Waals surface area contributed by atoms with Gasteiger partial charge in [-0.3, -0.25) is 14.6 Å². The molecular weight excluding hydrogens is 428 g/mol. The van der Waals surface area contributed by atoms with Gasteiger partial charge in [-0.25, -0.2) is 0 Å². The molecule has 2 N–H and O–H groups in total. The van der Waals surface area contributed by atoms with E-state index in [9.17, 15) is 9.59 Å². The molecule has 7 heteroatoms. The van der Waals surface area contributed by atoms with Crippen LogP contribution in [0.25, 0.3) is 10.9 Å². The number of carbonyl (C=O) groups is 2. The normalized spacial score (nSPS) is 11.3. The van der Waals surface area contributed by atoms with Gasteiger partial charge in [0.1, 0.15) is 11.4 Å². The van der Waals surface area contributed by atoms with Gasteiger partial charge in [0, 0.05) is 24.8 Å². The van der Waals surface area contributed by atoms with Crippen LogP contribution in [0.2, 0.25) is 0 Å². The third-order valence-electron chi connectivity index (χ3n) is 5.77. The second-order valence-electron chi connectivity index (χ2n) is 9.15. The number of fused-ring (bicyclic) bond motifs is 1. The number of rotatable bonds is 5. The van der Waals surface area contributed by atoms with Crippen molar-refractivity contribution in [1.82, 2.24) is 9.55 Å². The quantitative estimate of drug-likeness (QED) is 0.422. The van der Waals surface area contributed by atoms with Crippen molar-refractivity contribution in [3.05, 3.63) is 83.8 Å². The van der Waals surface area contributed by atoms with E-state index in [1.807, 2.05) is 42.5 Å². The summed E-state index contributed by atoms with van der Waals surface area (Å²) in [5, 5.41) is 6.77. The Hall–Kier alpha value is -4.13. The molecular formula is C27H28N4O3. The lowest BCUT2D eigenvalue weighted by Crippen LogP contribution is -2.18. The zero-order valence-corrected chi connectivity index (χ0v) is 20.0. The van der Waals surface area contributed by atoms with E-state index < -0.39 is 0 Å². The number of aryl methyl sites for hydroxylation is 1. The molecule has 2 heterocycles. The minimum atomic E-state index is -0.271. The maximum atomic E-state index is 13.3. The van der Waals surface area contributed by atoms with Gasteiger partial charge in [-0.15, -0.1) is 0 Å². The fraction of sp³-hybridized carbons (Fsp3) is 0.222. The lowest BCUT2D eigenvalue weighted by Gasteiger charge is -2.21. The van der Waals surface area contributed by atoms with Crippen LogP contribution >= 0.6 is 0 Å². The second-order valence-corrected chi connectivity index (χ2v) is 9.15. The first-order valence-electron chi connectivity index (χ1n) is 11.0. The van der Waals surface area contributed by atoms with E-state index in [4.69, 9.17) is 4.74 Å². The van der Waals surface area contributed by atoms with Crippen molar-refractivity contribution in [3.63, 3.8) is 0 Å². The number of hydrogen-bond donors (Lipinski definition) is 2. The van der Waals surface area contributed by atoms with Crippen molar-refractivity contribution in [3.8, 4) is 5.75 Å². The topological polar surface area (TPSA) is 85.2 Å². The van der Waals surface area contributed by atoms with Gasteiger partial charge in [0.25, 0.3) is 11.8 Å². The van der Waals surface area contributed by atoms with E-state index in [2.05, 4.69) is 36.4 Å². The Morgan fingerprint density at radius 1 is 0.941 bits per heavy atom. The van der Waals surface area contributed by atoms with Gasteiger partial charge in [-0.05, 0) is 47.4 Å². The number of aromatic nitrogens is 2. The average Bonchev–Trinajstić information content (AvgIpc) is 3.16. The lowest BCUT2D eigenvalue weighted by molar-refractivity contribution is 0.101. The molecule has 0 aliphatic heterocycles. The van der Waals surface area contributed by atoms with Gasteiger partial charge in [-0.2, -0.15) is 0 Å². The molecule has 2 aromatic carbocycles. The Kier molecular flexibility index (Phi) is 6.11. The van der Waals surface area contributed by atoms with Gasteiger partial charge in [0.05, 0.1) is 29.6 Å². The third kappa shape index (κ3) is 4.50. The third-order valence-corrected chi connectivity index (χ3v) is 5.77. The van der Waals surface area contributed by atoms with Crippen molar-refractivity contribution in [2.75, 3.05) is 17.7 Å². The summed E-state index contributed by atoms with van der Waals surface area (Å²) in [6.45, 7) is 6.35. The first kappa shape index (κ1) is 23.0. The highest BCUT2D eigenvalue weighted by Crippen LogP contribution is 2.32. The standard InChI is InChI=1S/C27H28N4O3/c1-27(2,3)19-11-12-23(34-5)21(15-19)30-26(33)22-14-17-8-6-10-20(24(17)31(22)4)29-25(32)18-9-7-13-28-16-18/h6-16H,1-5H3,(H,29,32)(H,30,33). The van der Waals surface area contributed by atoms with E-state index >= 15 is 0 Å². The summed E-state index contributed by atoms with van der Waals surface area (Å²) < 4.78 is 7.25. The molecule has 7 nitrogen and oxygen atoms in total. The van der Waals surface area contributed by atoms with Crippen molar-refractivity contribution < 1.29 is 14.3 Å². The van der Waals surface area contributed by atoms with Crippen LogP contribution in [0.5, 0.6) is 5.75 Å². The number of methoxy groups -OCH3 is 1. The van der Waals surface area contributed by atoms with E-state index in [1.165, 1.54) is 6.20 Å². The highest BCUT2D eigenvalue weighted by molar-refractivity contribution is 6.11. The summed E-state index contributed by atoms with van der Waals surface area (Å²) in [6, 6.07) is 16.6. The predicted octanol–water partition coefficient (Wildman–Crippen LogP) is 5.38. The van der Waals surface area contributed by atoms with E-state index in [-0.39, 0.29) is 17.2 Å². The molecule has 0 aliphatic rings. The number of amides is 2. The largest absolute Gasteiger partial charge is 0.495 e. The molecule has 0 unspecified atom stereocenters. The van der Waals surface area contributed by atoms with Crippen LogP contribution in [0.3, 0.4) is 0 Å². The summed E-state index contributed by atoms with van der Waals surface area (Å²) >= 11 is 0. The number of para-hydroxylation sites is 1. The molecule has 0 atom stereocenters. The number of benzene rings is 2. The molecule has 0 aliphatic carbocycles. The number of nitrogens with one attached hydrogen (secondary N) is 2. The summed E-state index contributed by atoms with van der Waals surface area (Å²) in [5.74, 6) is 0.0497. The van der Waals surface area contributed by atoms with Gasteiger partial charge in [0.15, 0.2) is 0 Å². The van der Waals surface area contributed by atoms with Crippen LogP contribution in [0, 0.1) is 0 Å². The molecule has 34 heavy (non-hydrogen) atoms. The van der Waals surface area contributed by atoms with Crippen LogP contribution in [0.15, 0.2) is 67.0 Å². The van der Waals surface area contributed by atoms with E-state index in [0.29, 0.717) is 28.4 Å². The molecule has 2 aromatic heterocycles. The number of hydrogen-bond acceptors (Lipinski definition) is 4. The van der Waals surface area contributed by atoms with Crippen LogP contribution in [-0.2, 0) is 12.5 Å². The van der Waals surface area contributed by atoms with Crippen molar-refractivity contribution in [1.29, 1.82) is 0 Å². The highest BCUT2D eigenvalue weighted by Gasteiger charge is 2.20. The van der Waals surface area contributed by atoms with Crippen LogP contribution < -0.4 is 15.4 Å². The minimum Gasteiger partial charge on any atom is -0.495 e. The molecule has 174 valence electrons. The Labute approximate surface area is 198 Å². The highest BCUT2D eigenvalue weighted by atomic mass is 16.5. The first-order valence-corrected chi connectivity index (χ1v) is 11.0. The molecule has 0 saturated carbocycles. The summed E-state index contributed by atoms with van der Waals surface area (Å²) in [5.41, 5.74) is 3.89. The second kappa shape index (κ2) is 9.02. The number of pyridine rings is 1.